The van der Waals surface area contributed by atoms with Gasteiger partial charge >= 0.3 is 0 Å². The van der Waals surface area contributed by atoms with E-state index < -0.39 is 0 Å². The van der Waals surface area contributed by atoms with Crippen LogP contribution in [0.15, 0.2) is 29.4 Å². The standard InChI is InChI=1S/C9H9N5/c10-14-11-6-5-9-12-7-3-1-2-4-8(7)13-9/h1-4H,5-6H2,(H,12,13). The summed E-state index contributed by atoms with van der Waals surface area (Å²) in [4.78, 5) is 10.2. The summed E-state index contributed by atoms with van der Waals surface area (Å²) in [5, 5.41) is 3.46. The largest absolute Gasteiger partial charge is 0.342 e. The Morgan fingerprint density at radius 3 is 3.07 bits per heavy atom. The van der Waals surface area contributed by atoms with E-state index in [4.69, 9.17) is 5.53 Å². The lowest BCUT2D eigenvalue weighted by atomic mass is 10.3. The number of azide groups is 1. The molecular formula is C9H9N5. The van der Waals surface area contributed by atoms with Crippen LogP contribution in [0, 0.1) is 0 Å². The molecular weight excluding hydrogens is 178 g/mol. The first-order valence-electron chi connectivity index (χ1n) is 4.34. The molecule has 0 saturated carbocycles. The number of aromatic amines is 1. The number of aromatic nitrogens is 2. The SMILES string of the molecule is [N-]=[N+]=NCCc1nc2ccccc2[nH]1. The van der Waals surface area contributed by atoms with Gasteiger partial charge in [-0.3, -0.25) is 0 Å². The van der Waals surface area contributed by atoms with Crippen LogP contribution in [0.4, 0.5) is 0 Å². The van der Waals surface area contributed by atoms with Crippen LogP contribution in [-0.4, -0.2) is 16.5 Å². The van der Waals surface area contributed by atoms with Gasteiger partial charge in [-0.2, -0.15) is 0 Å². The molecule has 5 heteroatoms. The zero-order chi connectivity index (χ0) is 9.80. The molecule has 1 aromatic carbocycles. The molecule has 2 rings (SSSR count). The van der Waals surface area contributed by atoms with Gasteiger partial charge in [-0.05, 0) is 17.7 Å². The molecule has 0 fully saturated rings. The number of nitrogens with one attached hydrogen (secondary N) is 1. The van der Waals surface area contributed by atoms with Crippen molar-refractivity contribution >= 4 is 11.0 Å². The highest BCUT2D eigenvalue weighted by Gasteiger charge is 1.99. The van der Waals surface area contributed by atoms with Crippen molar-refractivity contribution < 1.29 is 0 Å². The van der Waals surface area contributed by atoms with Gasteiger partial charge in [-0.15, -0.1) is 0 Å². The van der Waals surface area contributed by atoms with E-state index in [-0.39, 0.29) is 0 Å². The van der Waals surface area contributed by atoms with E-state index in [2.05, 4.69) is 20.0 Å². The van der Waals surface area contributed by atoms with Gasteiger partial charge in [0.15, 0.2) is 0 Å². The van der Waals surface area contributed by atoms with Crippen molar-refractivity contribution in [3.8, 4) is 0 Å². The molecule has 0 saturated heterocycles. The molecule has 0 bridgehead atoms. The molecule has 0 spiro atoms. The van der Waals surface area contributed by atoms with Crippen LogP contribution in [-0.2, 0) is 6.42 Å². The fraction of sp³-hybridized carbons (Fsp3) is 0.222. The molecule has 1 heterocycles. The highest BCUT2D eigenvalue weighted by molar-refractivity contribution is 5.74. The summed E-state index contributed by atoms with van der Waals surface area (Å²) in [5.74, 6) is 0.860. The summed E-state index contributed by atoms with van der Waals surface area (Å²) in [6, 6.07) is 7.82. The van der Waals surface area contributed by atoms with Gasteiger partial charge in [-0.25, -0.2) is 4.98 Å². The summed E-state index contributed by atoms with van der Waals surface area (Å²) in [7, 11) is 0. The van der Waals surface area contributed by atoms with Crippen LogP contribution in [0.2, 0.25) is 0 Å². The predicted octanol–water partition coefficient (Wildman–Crippen LogP) is 2.42. The topological polar surface area (TPSA) is 77.4 Å². The summed E-state index contributed by atoms with van der Waals surface area (Å²) in [6.07, 6.45) is 0.652. The Morgan fingerprint density at radius 2 is 2.29 bits per heavy atom. The Labute approximate surface area is 80.4 Å². The third kappa shape index (κ3) is 1.67. The minimum Gasteiger partial charge on any atom is -0.342 e. The van der Waals surface area contributed by atoms with Crippen LogP contribution in [0.5, 0.6) is 0 Å². The van der Waals surface area contributed by atoms with Crippen LogP contribution < -0.4 is 0 Å². The van der Waals surface area contributed by atoms with Crippen LogP contribution in [0.3, 0.4) is 0 Å². The number of hydrogen-bond donors (Lipinski definition) is 1. The van der Waals surface area contributed by atoms with Gasteiger partial charge in [-0.1, -0.05) is 17.2 Å². The van der Waals surface area contributed by atoms with Gasteiger partial charge in [0, 0.05) is 17.9 Å². The van der Waals surface area contributed by atoms with Crippen molar-refractivity contribution in [1.82, 2.24) is 9.97 Å². The Hall–Kier alpha value is -2.00. The van der Waals surface area contributed by atoms with E-state index >= 15 is 0 Å². The normalized spacial score (nSPS) is 10.0. The van der Waals surface area contributed by atoms with Crippen molar-refractivity contribution in [2.24, 2.45) is 5.11 Å². The van der Waals surface area contributed by atoms with Crippen molar-refractivity contribution in [2.45, 2.75) is 6.42 Å². The van der Waals surface area contributed by atoms with Crippen molar-refractivity contribution in [2.75, 3.05) is 6.54 Å². The number of nitrogens with zero attached hydrogens (tertiary/aromatic N) is 4. The molecule has 0 aliphatic rings. The van der Waals surface area contributed by atoms with Gasteiger partial charge in [0.2, 0.25) is 0 Å². The van der Waals surface area contributed by atoms with E-state index in [0.29, 0.717) is 13.0 Å². The zero-order valence-electron chi connectivity index (χ0n) is 7.51. The first-order valence-corrected chi connectivity index (χ1v) is 4.34. The number of imidazole rings is 1. The number of para-hydroxylation sites is 2. The van der Waals surface area contributed by atoms with Crippen molar-refractivity contribution in [3.63, 3.8) is 0 Å². The molecule has 1 aromatic heterocycles. The maximum absolute atomic E-state index is 8.11. The quantitative estimate of drug-likeness (QED) is 0.447. The maximum atomic E-state index is 8.11. The van der Waals surface area contributed by atoms with Gasteiger partial charge in [0.05, 0.1) is 11.0 Å². The number of fused-ring (bicyclic) bond motifs is 1. The second kappa shape index (κ2) is 3.81. The summed E-state index contributed by atoms with van der Waals surface area (Å²) >= 11 is 0. The molecule has 0 unspecified atom stereocenters. The zero-order valence-corrected chi connectivity index (χ0v) is 7.51. The average Bonchev–Trinajstić information content (AvgIpc) is 2.60. The summed E-state index contributed by atoms with van der Waals surface area (Å²) in [5.41, 5.74) is 10.1. The van der Waals surface area contributed by atoms with Crippen LogP contribution in [0.1, 0.15) is 5.82 Å². The first-order chi connectivity index (χ1) is 6.90. The van der Waals surface area contributed by atoms with E-state index in [1.54, 1.807) is 0 Å². The number of H-pyrrole nitrogens is 1. The minimum absolute atomic E-state index is 0.441. The Bertz CT molecular complexity index is 448. The number of benzene rings is 1. The molecule has 2 aromatic rings. The molecule has 0 amide bonds. The second-order valence-electron chi connectivity index (χ2n) is 2.91. The Kier molecular flexibility index (Phi) is 2.34. The highest BCUT2D eigenvalue weighted by atomic mass is 15.1. The van der Waals surface area contributed by atoms with E-state index in [1.165, 1.54) is 0 Å². The molecule has 1 N–H and O–H groups in total. The third-order valence-corrected chi connectivity index (χ3v) is 1.95. The van der Waals surface area contributed by atoms with E-state index in [0.717, 1.165) is 16.9 Å². The number of rotatable bonds is 3. The monoisotopic (exact) mass is 187 g/mol. The van der Waals surface area contributed by atoms with E-state index in [1.807, 2.05) is 24.3 Å². The third-order valence-electron chi connectivity index (χ3n) is 1.95. The van der Waals surface area contributed by atoms with Crippen LogP contribution >= 0.6 is 0 Å². The lowest BCUT2D eigenvalue weighted by Crippen LogP contribution is -1.90. The molecule has 0 radical (unpaired) electrons. The molecule has 5 nitrogen and oxygen atoms in total. The fourth-order valence-electron chi connectivity index (χ4n) is 1.32. The predicted molar refractivity (Wildman–Crippen MR) is 53.8 cm³/mol. The second-order valence-corrected chi connectivity index (χ2v) is 2.91. The smallest absolute Gasteiger partial charge is 0.107 e. The van der Waals surface area contributed by atoms with Crippen molar-refractivity contribution in [3.05, 3.63) is 40.5 Å². The number of hydrogen-bond acceptors (Lipinski definition) is 2. The van der Waals surface area contributed by atoms with E-state index in [9.17, 15) is 0 Å². The van der Waals surface area contributed by atoms with Gasteiger partial charge in [0.25, 0.3) is 0 Å². The molecule has 0 aliphatic heterocycles. The van der Waals surface area contributed by atoms with Crippen LogP contribution in [0.25, 0.3) is 21.5 Å². The highest BCUT2D eigenvalue weighted by Crippen LogP contribution is 2.10. The molecule has 70 valence electrons. The maximum Gasteiger partial charge on any atom is 0.107 e. The fourth-order valence-corrected chi connectivity index (χ4v) is 1.32. The lowest BCUT2D eigenvalue weighted by Gasteiger charge is -1.87. The van der Waals surface area contributed by atoms with Crippen molar-refractivity contribution in [1.29, 1.82) is 0 Å². The molecule has 0 atom stereocenters. The van der Waals surface area contributed by atoms with Gasteiger partial charge in [0.1, 0.15) is 5.82 Å². The minimum atomic E-state index is 0.441. The lowest BCUT2D eigenvalue weighted by molar-refractivity contribution is 0.892. The molecule has 14 heavy (non-hydrogen) atoms. The molecule has 0 aliphatic carbocycles. The van der Waals surface area contributed by atoms with Gasteiger partial charge < -0.3 is 4.98 Å². The summed E-state index contributed by atoms with van der Waals surface area (Å²) in [6.45, 7) is 0.441. The first kappa shape index (κ1) is 8.59. The Morgan fingerprint density at radius 1 is 1.43 bits per heavy atom. The Balaban J connectivity index is 2.22. The average molecular weight is 187 g/mol. The summed E-state index contributed by atoms with van der Waals surface area (Å²) < 4.78 is 0.